The second-order valence-corrected chi connectivity index (χ2v) is 7.07. The predicted molar refractivity (Wildman–Crippen MR) is 92.1 cm³/mol. The Labute approximate surface area is 149 Å². The van der Waals surface area contributed by atoms with Crippen LogP contribution in [0.2, 0.25) is 0 Å². The minimum absolute atomic E-state index is 0.315. The van der Waals surface area contributed by atoms with Gasteiger partial charge in [0.15, 0.2) is 5.54 Å². The first-order valence-electron chi connectivity index (χ1n) is 7.90. The maximum Gasteiger partial charge on any atom is 0.325 e. The quantitative estimate of drug-likeness (QED) is 0.767. The Morgan fingerprint density at radius 2 is 2.16 bits per heavy atom. The van der Waals surface area contributed by atoms with E-state index in [2.05, 4.69) is 10.6 Å². The van der Waals surface area contributed by atoms with Gasteiger partial charge in [-0.1, -0.05) is 6.07 Å². The molecule has 1 aliphatic heterocycles. The van der Waals surface area contributed by atoms with Gasteiger partial charge < -0.3 is 15.1 Å². The van der Waals surface area contributed by atoms with Gasteiger partial charge in [-0.3, -0.25) is 14.5 Å². The molecule has 2 aromatic rings. The zero-order valence-corrected chi connectivity index (χ0v) is 14.8. The highest BCUT2D eigenvalue weighted by molar-refractivity contribution is 7.09. The van der Waals surface area contributed by atoms with Gasteiger partial charge >= 0.3 is 6.03 Å². The van der Waals surface area contributed by atoms with Crippen molar-refractivity contribution in [2.75, 3.05) is 13.1 Å². The lowest BCUT2D eigenvalue weighted by Crippen LogP contribution is -2.43. The fourth-order valence-electron chi connectivity index (χ4n) is 2.69. The molecule has 1 unspecified atom stereocenters. The number of urea groups is 1. The lowest BCUT2D eigenvalue weighted by molar-refractivity contribution is -0.135. The number of carbonyl (C=O) groups is 3. The molecule has 0 bridgehead atoms. The van der Waals surface area contributed by atoms with E-state index >= 15 is 0 Å². The summed E-state index contributed by atoms with van der Waals surface area (Å²) in [7, 11) is 0. The molecule has 1 saturated heterocycles. The van der Waals surface area contributed by atoms with Crippen molar-refractivity contribution in [3.05, 3.63) is 46.0 Å². The molecule has 1 atom stereocenters. The van der Waals surface area contributed by atoms with Crippen LogP contribution in [0.15, 0.2) is 34.1 Å². The average molecular weight is 361 g/mol. The zero-order valence-electron chi connectivity index (χ0n) is 14.0. The van der Waals surface area contributed by atoms with Crippen molar-refractivity contribution in [1.82, 2.24) is 15.5 Å². The van der Waals surface area contributed by atoms with Crippen molar-refractivity contribution in [1.29, 1.82) is 0 Å². The number of furan rings is 1. The van der Waals surface area contributed by atoms with Crippen molar-refractivity contribution >= 4 is 29.2 Å². The van der Waals surface area contributed by atoms with Gasteiger partial charge in [0.2, 0.25) is 5.91 Å². The smallest absolute Gasteiger partial charge is 0.325 e. The first-order chi connectivity index (χ1) is 11.9. The number of aryl methyl sites for hydroxylation is 1. The molecule has 8 heteroatoms. The van der Waals surface area contributed by atoms with E-state index in [9.17, 15) is 14.4 Å². The number of thiophene rings is 1. The van der Waals surface area contributed by atoms with Crippen LogP contribution in [-0.4, -0.2) is 35.8 Å². The van der Waals surface area contributed by atoms with E-state index in [1.165, 1.54) is 0 Å². The van der Waals surface area contributed by atoms with Crippen LogP contribution < -0.4 is 10.6 Å². The van der Waals surface area contributed by atoms with Gasteiger partial charge in [0.05, 0.1) is 0 Å². The van der Waals surface area contributed by atoms with Crippen LogP contribution in [0.5, 0.6) is 0 Å². The van der Waals surface area contributed by atoms with Gasteiger partial charge in [0.1, 0.15) is 18.1 Å². The summed E-state index contributed by atoms with van der Waals surface area (Å²) in [5.41, 5.74) is -1.29. The van der Waals surface area contributed by atoms with Crippen molar-refractivity contribution in [3.8, 4) is 0 Å². The molecule has 0 aromatic carbocycles. The van der Waals surface area contributed by atoms with Crippen molar-refractivity contribution in [2.24, 2.45) is 0 Å². The monoisotopic (exact) mass is 361 g/mol. The van der Waals surface area contributed by atoms with E-state index in [1.807, 2.05) is 17.5 Å². The van der Waals surface area contributed by atoms with Gasteiger partial charge in [-0.2, -0.15) is 0 Å². The van der Waals surface area contributed by atoms with Gasteiger partial charge in [-0.05, 0) is 43.8 Å². The molecule has 3 heterocycles. The Bertz CT molecular complexity index is 799. The number of nitrogens with one attached hydrogen (secondary N) is 2. The SMILES string of the molecule is Cc1ccc(C2(C)NC(=O)N(CC(=O)NCCc3cccs3)C2=O)o1. The third-order valence-corrected chi connectivity index (χ3v) is 5.02. The molecule has 0 aliphatic carbocycles. The molecule has 132 valence electrons. The van der Waals surface area contributed by atoms with Gasteiger partial charge in [-0.15, -0.1) is 11.3 Å². The van der Waals surface area contributed by atoms with E-state index in [0.717, 1.165) is 9.78 Å². The highest BCUT2D eigenvalue weighted by Gasteiger charge is 2.51. The molecule has 3 rings (SSSR count). The highest BCUT2D eigenvalue weighted by Crippen LogP contribution is 2.29. The Kier molecular flexibility index (Phi) is 4.63. The summed E-state index contributed by atoms with van der Waals surface area (Å²) < 4.78 is 5.49. The molecule has 2 N–H and O–H groups in total. The normalized spacial score (nSPS) is 20.0. The van der Waals surface area contributed by atoms with Crippen molar-refractivity contribution in [2.45, 2.75) is 25.8 Å². The largest absolute Gasteiger partial charge is 0.463 e. The third-order valence-electron chi connectivity index (χ3n) is 4.08. The molecule has 4 amide bonds. The molecule has 0 saturated carbocycles. The van der Waals surface area contributed by atoms with Crippen LogP contribution in [0.4, 0.5) is 4.79 Å². The van der Waals surface area contributed by atoms with Crippen LogP contribution in [0, 0.1) is 6.92 Å². The molecule has 2 aromatic heterocycles. The van der Waals surface area contributed by atoms with Gasteiger partial charge in [0.25, 0.3) is 5.91 Å². The first-order valence-corrected chi connectivity index (χ1v) is 8.78. The van der Waals surface area contributed by atoms with Crippen LogP contribution >= 0.6 is 11.3 Å². The maximum atomic E-state index is 12.6. The van der Waals surface area contributed by atoms with E-state index in [0.29, 0.717) is 24.5 Å². The molecule has 0 radical (unpaired) electrons. The Morgan fingerprint density at radius 1 is 1.36 bits per heavy atom. The van der Waals surface area contributed by atoms with Crippen molar-refractivity contribution < 1.29 is 18.8 Å². The topological polar surface area (TPSA) is 91.7 Å². The summed E-state index contributed by atoms with van der Waals surface area (Å²) in [6, 6.07) is 6.71. The highest BCUT2D eigenvalue weighted by atomic mass is 32.1. The number of nitrogens with zero attached hydrogens (tertiary/aromatic N) is 1. The molecule has 25 heavy (non-hydrogen) atoms. The number of carbonyl (C=O) groups excluding carboxylic acids is 3. The Morgan fingerprint density at radius 3 is 2.80 bits per heavy atom. The van der Waals surface area contributed by atoms with Gasteiger partial charge in [-0.25, -0.2) is 4.79 Å². The van der Waals surface area contributed by atoms with E-state index in [1.54, 1.807) is 37.3 Å². The summed E-state index contributed by atoms with van der Waals surface area (Å²) in [6.45, 7) is 3.47. The summed E-state index contributed by atoms with van der Waals surface area (Å²) in [5.74, 6) is 0.118. The van der Waals surface area contributed by atoms with E-state index < -0.39 is 17.5 Å². The van der Waals surface area contributed by atoms with E-state index in [4.69, 9.17) is 4.42 Å². The first kappa shape index (κ1) is 17.2. The second-order valence-electron chi connectivity index (χ2n) is 6.04. The van der Waals surface area contributed by atoms with E-state index in [-0.39, 0.29) is 12.5 Å². The predicted octanol–water partition coefficient (Wildman–Crippen LogP) is 1.78. The summed E-state index contributed by atoms with van der Waals surface area (Å²) in [5, 5.41) is 7.31. The molecule has 0 spiro atoms. The zero-order chi connectivity index (χ0) is 18.0. The number of hydrogen-bond donors (Lipinski definition) is 2. The molecule has 7 nitrogen and oxygen atoms in total. The Balaban J connectivity index is 1.59. The minimum atomic E-state index is -1.29. The fraction of sp³-hybridized carbons (Fsp3) is 0.353. The number of hydrogen-bond acceptors (Lipinski definition) is 5. The fourth-order valence-corrected chi connectivity index (χ4v) is 3.40. The third kappa shape index (κ3) is 3.43. The number of amides is 4. The molecular weight excluding hydrogens is 342 g/mol. The van der Waals surface area contributed by atoms with Crippen molar-refractivity contribution in [3.63, 3.8) is 0 Å². The molecular formula is C17H19N3O4S. The average Bonchev–Trinajstić information content (AvgIpc) is 3.27. The lowest BCUT2D eigenvalue weighted by atomic mass is 9.99. The summed E-state index contributed by atoms with van der Waals surface area (Å²) in [4.78, 5) is 38.9. The molecule has 1 fully saturated rings. The van der Waals surface area contributed by atoms with Crippen LogP contribution in [0.1, 0.15) is 23.3 Å². The van der Waals surface area contributed by atoms with Gasteiger partial charge in [0, 0.05) is 11.4 Å². The number of imide groups is 1. The minimum Gasteiger partial charge on any atom is -0.463 e. The second kappa shape index (κ2) is 6.72. The standard InChI is InChI=1S/C17H19N3O4S/c1-11-5-6-13(24-11)17(2)15(22)20(16(23)19-17)10-14(21)18-8-7-12-4-3-9-25-12/h3-6,9H,7-8,10H2,1-2H3,(H,18,21)(H,19,23). The van der Waals surface area contributed by atoms with Crippen LogP contribution in [0.3, 0.4) is 0 Å². The maximum absolute atomic E-state index is 12.6. The summed E-state index contributed by atoms with van der Waals surface area (Å²) >= 11 is 1.62. The Hall–Kier alpha value is -2.61. The van der Waals surface area contributed by atoms with Crippen LogP contribution in [0.25, 0.3) is 0 Å². The summed E-state index contributed by atoms with van der Waals surface area (Å²) in [6.07, 6.45) is 0.715. The molecule has 1 aliphatic rings. The lowest BCUT2D eigenvalue weighted by Gasteiger charge is -2.19. The number of rotatable bonds is 6. The van der Waals surface area contributed by atoms with Crippen LogP contribution in [-0.2, 0) is 21.5 Å².